The fraction of sp³-hybridized carbons (Fsp3) is 0.903. The second kappa shape index (κ2) is 9.92. The third-order valence-electron chi connectivity index (χ3n) is 12.3. The average molecular weight is 541 g/mol. The molecule has 1 spiro atoms. The summed E-state index contributed by atoms with van der Waals surface area (Å²) in [5, 5.41) is 14.0. The number of carbonyl (C=O) groups is 3. The van der Waals surface area contributed by atoms with Crippen molar-refractivity contribution < 1.29 is 19.5 Å². The number of hydrogen-bond donors (Lipinski definition) is 2. The Hall–Kier alpha value is -1.83. The first kappa shape index (κ1) is 26.1. The largest absolute Gasteiger partial charge is 0.393 e. The van der Waals surface area contributed by atoms with Gasteiger partial charge in [-0.05, 0) is 100 Å². The van der Waals surface area contributed by atoms with Gasteiger partial charge in [0.2, 0.25) is 11.8 Å². The molecule has 0 aromatic rings. The predicted octanol–water partition coefficient (Wildman–Crippen LogP) is 3.38. The van der Waals surface area contributed by atoms with Gasteiger partial charge in [-0.3, -0.25) is 9.59 Å². The highest BCUT2D eigenvalue weighted by Gasteiger charge is 2.58. The van der Waals surface area contributed by atoms with E-state index in [1.165, 1.54) is 12.8 Å². The number of urea groups is 1. The van der Waals surface area contributed by atoms with Crippen LogP contribution in [0.25, 0.3) is 0 Å². The molecular weight excluding hydrogens is 492 g/mol. The van der Waals surface area contributed by atoms with E-state index in [-0.39, 0.29) is 40.8 Å². The van der Waals surface area contributed by atoms with Gasteiger partial charge in [0, 0.05) is 51.2 Å². The summed E-state index contributed by atoms with van der Waals surface area (Å²) in [6.07, 6.45) is 14.0. The molecule has 39 heavy (non-hydrogen) atoms. The van der Waals surface area contributed by atoms with Gasteiger partial charge in [0.15, 0.2) is 0 Å². The van der Waals surface area contributed by atoms with E-state index < -0.39 is 0 Å². The minimum absolute atomic E-state index is 0.0225. The highest BCUT2D eigenvalue weighted by Crippen LogP contribution is 2.60. The zero-order valence-electron chi connectivity index (χ0n) is 23.6. The van der Waals surface area contributed by atoms with Crippen LogP contribution in [0.2, 0.25) is 0 Å². The third kappa shape index (κ3) is 4.66. The summed E-state index contributed by atoms with van der Waals surface area (Å²) in [5.74, 6) is 2.00. The van der Waals surface area contributed by atoms with Gasteiger partial charge in [-0.25, -0.2) is 4.79 Å². The number of nitrogens with one attached hydrogen (secondary N) is 1. The molecule has 216 valence electrons. The molecule has 8 fully saturated rings. The molecule has 3 heterocycles. The molecule has 0 aromatic heterocycles. The van der Waals surface area contributed by atoms with Crippen molar-refractivity contribution in [2.75, 3.05) is 39.3 Å². The Morgan fingerprint density at radius 3 is 2.13 bits per heavy atom. The number of amides is 4. The normalized spacial score (nSPS) is 39.5. The Morgan fingerprint density at radius 1 is 0.769 bits per heavy atom. The van der Waals surface area contributed by atoms with E-state index in [1.54, 1.807) is 0 Å². The van der Waals surface area contributed by atoms with E-state index >= 15 is 0 Å². The second-order valence-electron chi connectivity index (χ2n) is 14.8. The van der Waals surface area contributed by atoms with Gasteiger partial charge in [0.25, 0.3) is 0 Å². The molecule has 8 heteroatoms. The van der Waals surface area contributed by atoms with Crippen LogP contribution in [-0.4, -0.2) is 89.1 Å². The van der Waals surface area contributed by atoms with Crippen LogP contribution in [0.3, 0.4) is 0 Å². The minimum atomic E-state index is -0.294. The van der Waals surface area contributed by atoms with Crippen molar-refractivity contribution in [1.82, 2.24) is 20.0 Å². The zero-order chi connectivity index (χ0) is 26.8. The van der Waals surface area contributed by atoms with Gasteiger partial charge in [0.1, 0.15) is 0 Å². The topological polar surface area (TPSA) is 93.2 Å². The quantitative estimate of drug-likeness (QED) is 0.574. The van der Waals surface area contributed by atoms with E-state index in [4.69, 9.17) is 0 Å². The molecule has 3 saturated heterocycles. The van der Waals surface area contributed by atoms with Crippen LogP contribution in [0, 0.1) is 34.5 Å². The van der Waals surface area contributed by atoms with E-state index in [9.17, 15) is 19.5 Å². The third-order valence-corrected chi connectivity index (χ3v) is 12.3. The summed E-state index contributed by atoms with van der Waals surface area (Å²) in [5.41, 5.74) is -0.105. The first-order valence-corrected chi connectivity index (χ1v) is 16.1. The molecule has 4 bridgehead atoms. The molecule has 5 saturated carbocycles. The fourth-order valence-electron chi connectivity index (χ4n) is 10.2. The monoisotopic (exact) mass is 540 g/mol. The number of aliphatic hydroxyl groups excluding tert-OH is 1. The van der Waals surface area contributed by atoms with Crippen LogP contribution in [0.5, 0.6) is 0 Å². The molecule has 0 radical (unpaired) electrons. The Morgan fingerprint density at radius 2 is 1.44 bits per heavy atom. The molecule has 0 aromatic carbocycles. The van der Waals surface area contributed by atoms with Crippen molar-refractivity contribution in [3.8, 4) is 0 Å². The van der Waals surface area contributed by atoms with Crippen LogP contribution >= 0.6 is 0 Å². The van der Waals surface area contributed by atoms with Crippen LogP contribution in [0.1, 0.15) is 89.9 Å². The summed E-state index contributed by atoms with van der Waals surface area (Å²) >= 11 is 0. The zero-order valence-corrected chi connectivity index (χ0v) is 23.6. The smallest absolute Gasteiger partial charge is 0.320 e. The Bertz CT molecular complexity index is 971. The Balaban J connectivity index is 0.912. The fourth-order valence-corrected chi connectivity index (χ4v) is 10.2. The molecule has 8 aliphatic rings. The lowest BCUT2D eigenvalue weighted by Crippen LogP contribution is -2.61. The average Bonchev–Trinajstić information content (AvgIpc) is 3.62. The lowest BCUT2D eigenvalue weighted by Gasteiger charge is -2.58. The van der Waals surface area contributed by atoms with Crippen LogP contribution in [0.15, 0.2) is 0 Å². The number of likely N-dealkylation sites (tertiary alicyclic amines) is 3. The van der Waals surface area contributed by atoms with Crippen molar-refractivity contribution in [3.05, 3.63) is 0 Å². The number of piperidine rings is 2. The van der Waals surface area contributed by atoms with Crippen LogP contribution in [0.4, 0.5) is 4.79 Å². The molecule has 8 nitrogen and oxygen atoms in total. The van der Waals surface area contributed by atoms with Gasteiger partial charge in [-0.15, -0.1) is 0 Å². The van der Waals surface area contributed by atoms with Crippen LogP contribution in [-0.2, 0) is 9.59 Å². The standard InChI is InChI=1S/C31H48N4O4/c36-26-23-14-21-15-24(26)18-31(16-21,17-23)28(38)32-25-6-3-10-34(19-25)29(39)33-11-7-30(8-12-33)9-13-35(20-30)27(37)22-4-1-2-5-22/h21-26,36H,1-20H2,(H,32,38)/t21?,23-,24?,25+,26?,31+/m1/s1. The Labute approximate surface area is 233 Å². The maximum absolute atomic E-state index is 13.6. The minimum Gasteiger partial charge on any atom is -0.393 e. The maximum atomic E-state index is 13.6. The number of aliphatic hydroxyl groups is 1. The predicted molar refractivity (Wildman–Crippen MR) is 147 cm³/mol. The van der Waals surface area contributed by atoms with E-state index in [1.807, 2.05) is 9.80 Å². The maximum Gasteiger partial charge on any atom is 0.320 e. The van der Waals surface area contributed by atoms with Gasteiger partial charge in [-0.2, -0.15) is 0 Å². The van der Waals surface area contributed by atoms with E-state index in [0.717, 1.165) is 110 Å². The SMILES string of the molecule is O=C(C1CCCC1)N1CCC2(CCN(C(=O)N3CCC[C@H](NC(=O)[C@]45CC6CC(C4)C(O)[C@H](C6)C5)C3)CC2)C1. The Kier molecular flexibility index (Phi) is 6.63. The summed E-state index contributed by atoms with van der Waals surface area (Å²) in [6.45, 7) is 4.68. The van der Waals surface area contributed by atoms with Gasteiger partial charge < -0.3 is 25.1 Å². The molecule has 8 rings (SSSR count). The molecule has 2 N–H and O–H groups in total. The van der Waals surface area contributed by atoms with Crippen molar-refractivity contribution in [2.24, 2.45) is 34.5 Å². The first-order valence-electron chi connectivity index (χ1n) is 16.1. The van der Waals surface area contributed by atoms with E-state index in [0.29, 0.717) is 30.2 Å². The number of carbonyl (C=O) groups excluding carboxylic acids is 3. The van der Waals surface area contributed by atoms with Crippen molar-refractivity contribution in [2.45, 2.75) is 102 Å². The second-order valence-corrected chi connectivity index (χ2v) is 14.8. The molecule has 3 unspecified atom stereocenters. The molecular formula is C31H48N4O4. The summed E-state index contributed by atoms with van der Waals surface area (Å²) < 4.78 is 0. The molecule has 4 amide bonds. The van der Waals surface area contributed by atoms with Gasteiger partial charge >= 0.3 is 6.03 Å². The summed E-state index contributed by atoms with van der Waals surface area (Å²) in [6, 6.07) is 0.146. The molecule has 6 atom stereocenters. The number of rotatable bonds is 3. The lowest BCUT2D eigenvalue weighted by molar-refractivity contribution is -0.164. The lowest BCUT2D eigenvalue weighted by atomic mass is 9.48. The number of hydrogen-bond acceptors (Lipinski definition) is 4. The van der Waals surface area contributed by atoms with Crippen LogP contribution < -0.4 is 5.32 Å². The summed E-state index contributed by atoms with van der Waals surface area (Å²) in [7, 11) is 0. The van der Waals surface area contributed by atoms with Crippen molar-refractivity contribution in [3.63, 3.8) is 0 Å². The highest BCUT2D eigenvalue weighted by atomic mass is 16.3. The van der Waals surface area contributed by atoms with Crippen molar-refractivity contribution in [1.29, 1.82) is 0 Å². The molecule has 3 aliphatic heterocycles. The first-order chi connectivity index (χ1) is 18.8. The highest BCUT2D eigenvalue weighted by molar-refractivity contribution is 5.84. The van der Waals surface area contributed by atoms with Gasteiger partial charge in [-0.1, -0.05) is 12.8 Å². The summed E-state index contributed by atoms with van der Waals surface area (Å²) in [4.78, 5) is 46.3. The van der Waals surface area contributed by atoms with Crippen molar-refractivity contribution >= 4 is 17.8 Å². The number of nitrogens with zero attached hydrogens (tertiary/aromatic N) is 3. The van der Waals surface area contributed by atoms with E-state index in [2.05, 4.69) is 10.2 Å². The van der Waals surface area contributed by atoms with Gasteiger partial charge in [0.05, 0.1) is 11.5 Å². The molecule has 5 aliphatic carbocycles.